The van der Waals surface area contributed by atoms with Crippen molar-refractivity contribution >= 4 is 40.5 Å². The van der Waals surface area contributed by atoms with Crippen LogP contribution in [-0.2, 0) is 11.2 Å². The Bertz CT molecular complexity index is 805. The van der Waals surface area contributed by atoms with Crippen LogP contribution >= 0.6 is 23.2 Å². The third-order valence-electron chi connectivity index (χ3n) is 3.19. The molecule has 124 valence electrons. The Kier molecular flexibility index (Phi) is 5.89. The Hall–Kier alpha value is -2.44. The number of benzene rings is 2. The fourth-order valence-electron chi connectivity index (χ4n) is 1.92. The highest BCUT2D eigenvalue weighted by Crippen LogP contribution is 2.25. The maximum atomic E-state index is 11.9. The SMILES string of the molecule is C/C(=N/NC(=O)Cc1ccc(Cl)cc1)c1ccc(Cl)c([N+](=O)[O-])c1. The number of nitrogens with zero attached hydrogens (tertiary/aromatic N) is 2. The van der Waals surface area contributed by atoms with Crippen molar-refractivity contribution < 1.29 is 9.72 Å². The van der Waals surface area contributed by atoms with E-state index in [0.717, 1.165) is 5.56 Å². The largest absolute Gasteiger partial charge is 0.288 e. The molecule has 0 heterocycles. The lowest BCUT2D eigenvalue weighted by atomic mass is 10.1. The molecule has 2 aromatic rings. The summed E-state index contributed by atoms with van der Waals surface area (Å²) < 4.78 is 0. The summed E-state index contributed by atoms with van der Waals surface area (Å²) in [4.78, 5) is 22.2. The van der Waals surface area contributed by atoms with E-state index in [9.17, 15) is 14.9 Å². The summed E-state index contributed by atoms with van der Waals surface area (Å²) in [6, 6.07) is 11.2. The normalized spacial score (nSPS) is 11.2. The molecular weight excluding hydrogens is 353 g/mol. The van der Waals surface area contributed by atoms with Crippen LogP contribution in [0.15, 0.2) is 47.6 Å². The molecule has 0 aromatic heterocycles. The number of nitrogens with one attached hydrogen (secondary N) is 1. The van der Waals surface area contributed by atoms with Gasteiger partial charge in [0.2, 0.25) is 5.91 Å². The summed E-state index contributed by atoms with van der Waals surface area (Å²) in [5.74, 6) is -0.305. The van der Waals surface area contributed by atoms with Gasteiger partial charge in [-0.1, -0.05) is 41.4 Å². The molecule has 0 aliphatic heterocycles. The molecule has 0 saturated carbocycles. The average Bonchev–Trinajstić information content (AvgIpc) is 2.55. The van der Waals surface area contributed by atoms with Gasteiger partial charge in [-0.25, -0.2) is 5.43 Å². The molecule has 2 aromatic carbocycles. The quantitative estimate of drug-likeness (QED) is 0.493. The third kappa shape index (κ3) is 4.78. The van der Waals surface area contributed by atoms with Gasteiger partial charge >= 0.3 is 0 Å². The summed E-state index contributed by atoms with van der Waals surface area (Å²) in [5.41, 5.74) is 3.93. The second kappa shape index (κ2) is 7.90. The van der Waals surface area contributed by atoms with Crippen molar-refractivity contribution in [3.05, 3.63) is 73.8 Å². The Morgan fingerprint density at radius 3 is 2.50 bits per heavy atom. The number of hydrazone groups is 1. The van der Waals surface area contributed by atoms with Crippen LogP contribution < -0.4 is 5.43 Å². The molecule has 2 rings (SSSR count). The van der Waals surface area contributed by atoms with Gasteiger partial charge in [-0.3, -0.25) is 14.9 Å². The van der Waals surface area contributed by atoms with Crippen LogP contribution in [0.25, 0.3) is 0 Å². The number of nitro groups is 1. The standard InChI is InChI=1S/C16H13Cl2N3O3/c1-10(12-4-7-14(18)15(9-12)21(23)24)19-20-16(22)8-11-2-5-13(17)6-3-11/h2-7,9H,8H2,1H3,(H,20,22)/b19-10-. The first-order valence-corrected chi connectivity index (χ1v) is 7.64. The molecule has 0 aliphatic carbocycles. The zero-order chi connectivity index (χ0) is 17.7. The number of hydrogen-bond donors (Lipinski definition) is 1. The van der Waals surface area contributed by atoms with Gasteiger partial charge < -0.3 is 0 Å². The molecule has 1 amide bonds. The molecule has 8 heteroatoms. The highest BCUT2D eigenvalue weighted by atomic mass is 35.5. The van der Waals surface area contributed by atoms with Gasteiger partial charge in [-0.15, -0.1) is 0 Å². The van der Waals surface area contributed by atoms with E-state index in [-0.39, 0.29) is 23.0 Å². The average molecular weight is 366 g/mol. The van der Waals surface area contributed by atoms with Crippen molar-refractivity contribution in [3.63, 3.8) is 0 Å². The van der Waals surface area contributed by atoms with Gasteiger partial charge in [0.15, 0.2) is 0 Å². The number of rotatable bonds is 5. The Balaban J connectivity index is 2.05. The summed E-state index contributed by atoms with van der Waals surface area (Å²) in [6.07, 6.45) is 0.148. The lowest BCUT2D eigenvalue weighted by molar-refractivity contribution is -0.384. The minimum absolute atomic E-state index is 0.0447. The Morgan fingerprint density at radius 2 is 1.88 bits per heavy atom. The van der Waals surface area contributed by atoms with Gasteiger partial charge in [-0.2, -0.15) is 5.10 Å². The lowest BCUT2D eigenvalue weighted by Gasteiger charge is -2.04. The summed E-state index contributed by atoms with van der Waals surface area (Å²) in [5, 5.41) is 15.5. The van der Waals surface area contributed by atoms with Crippen molar-refractivity contribution in [3.8, 4) is 0 Å². The van der Waals surface area contributed by atoms with Crippen molar-refractivity contribution in [1.82, 2.24) is 5.43 Å². The van der Waals surface area contributed by atoms with Crippen LogP contribution in [0.5, 0.6) is 0 Å². The first-order chi connectivity index (χ1) is 11.4. The van der Waals surface area contributed by atoms with E-state index in [4.69, 9.17) is 23.2 Å². The topological polar surface area (TPSA) is 84.6 Å². The van der Waals surface area contributed by atoms with Gasteiger partial charge in [0.25, 0.3) is 5.69 Å². The maximum Gasteiger partial charge on any atom is 0.288 e. The van der Waals surface area contributed by atoms with E-state index in [0.29, 0.717) is 16.3 Å². The number of halogens is 2. The van der Waals surface area contributed by atoms with Crippen molar-refractivity contribution in [2.75, 3.05) is 0 Å². The van der Waals surface area contributed by atoms with Crippen molar-refractivity contribution in [2.24, 2.45) is 5.10 Å². The van der Waals surface area contributed by atoms with Crippen LogP contribution in [0.1, 0.15) is 18.1 Å². The van der Waals surface area contributed by atoms with Crippen LogP contribution in [0.3, 0.4) is 0 Å². The molecule has 0 unspecified atom stereocenters. The highest BCUT2D eigenvalue weighted by Gasteiger charge is 2.14. The summed E-state index contributed by atoms with van der Waals surface area (Å²) in [7, 11) is 0. The smallest absolute Gasteiger partial charge is 0.273 e. The number of carbonyl (C=O) groups is 1. The molecular formula is C16H13Cl2N3O3. The van der Waals surface area contributed by atoms with E-state index >= 15 is 0 Å². The van der Waals surface area contributed by atoms with Crippen LogP contribution in [0.2, 0.25) is 10.0 Å². The molecule has 0 spiro atoms. The maximum absolute atomic E-state index is 11.9. The van der Waals surface area contributed by atoms with Crippen molar-refractivity contribution in [1.29, 1.82) is 0 Å². The van der Waals surface area contributed by atoms with Gasteiger partial charge in [0.05, 0.1) is 17.1 Å². The van der Waals surface area contributed by atoms with E-state index in [2.05, 4.69) is 10.5 Å². The van der Waals surface area contributed by atoms with Crippen molar-refractivity contribution in [2.45, 2.75) is 13.3 Å². The first kappa shape index (κ1) is 17.9. The zero-order valence-corrected chi connectivity index (χ0v) is 14.1. The van der Waals surface area contributed by atoms with E-state index in [1.54, 1.807) is 37.3 Å². The second-order valence-electron chi connectivity index (χ2n) is 4.96. The molecule has 0 atom stereocenters. The monoisotopic (exact) mass is 365 g/mol. The van der Waals surface area contributed by atoms with Gasteiger partial charge in [0, 0.05) is 16.7 Å². The fraction of sp³-hybridized carbons (Fsp3) is 0.125. The minimum atomic E-state index is -0.571. The molecule has 0 fully saturated rings. The number of nitro benzene ring substituents is 1. The molecule has 24 heavy (non-hydrogen) atoms. The molecule has 6 nitrogen and oxygen atoms in total. The second-order valence-corrected chi connectivity index (χ2v) is 5.80. The predicted molar refractivity (Wildman–Crippen MR) is 93.6 cm³/mol. The van der Waals surface area contributed by atoms with Crippen LogP contribution in [0, 0.1) is 10.1 Å². The zero-order valence-electron chi connectivity index (χ0n) is 12.6. The Morgan fingerprint density at radius 1 is 1.21 bits per heavy atom. The number of amides is 1. The predicted octanol–water partition coefficient (Wildman–Crippen LogP) is 3.98. The molecule has 0 aliphatic rings. The summed E-state index contributed by atoms with van der Waals surface area (Å²) in [6.45, 7) is 1.63. The lowest BCUT2D eigenvalue weighted by Crippen LogP contribution is -2.21. The molecule has 0 bridgehead atoms. The summed E-state index contributed by atoms with van der Waals surface area (Å²) >= 11 is 11.5. The molecule has 0 radical (unpaired) electrons. The van der Waals surface area contributed by atoms with E-state index < -0.39 is 4.92 Å². The first-order valence-electron chi connectivity index (χ1n) is 6.88. The number of carbonyl (C=O) groups excluding carboxylic acids is 1. The number of hydrogen-bond acceptors (Lipinski definition) is 4. The molecule has 1 N–H and O–H groups in total. The van der Waals surface area contributed by atoms with Gasteiger partial charge in [-0.05, 0) is 30.7 Å². The fourth-order valence-corrected chi connectivity index (χ4v) is 2.23. The van der Waals surface area contributed by atoms with Crippen LogP contribution in [-0.4, -0.2) is 16.5 Å². The van der Waals surface area contributed by atoms with Crippen LogP contribution in [0.4, 0.5) is 5.69 Å². The minimum Gasteiger partial charge on any atom is -0.273 e. The van der Waals surface area contributed by atoms with E-state index in [1.807, 2.05) is 0 Å². The Labute approximate surface area is 148 Å². The van der Waals surface area contributed by atoms with Gasteiger partial charge in [0.1, 0.15) is 5.02 Å². The highest BCUT2D eigenvalue weighted by molar-refractivity contribution is 6.32. The molecule has 0 saturated heterocycles. The third-order valence-corrected chi connectivity index (χ3v) is 3.76. The van der Waals surface area contributed by atoms with E-state index in [1.165, 1.54) is 12.1 Å².